The predicted octanol–water partition coefficient (Wildman–Crippen LogP) is 5.16. The Kier molecular flexibility index (Phi) is 5.02. The number of alkyl halides is 2. The number of benzene rings is 1. The first-order chi connectivity index (χ1) is 17.3. The number of carbonyl (C=O) groups is 1. The van der Waals surface area contributed by atoms with E-state index in [4.69, 9.17) is 0 Å². The van der Waals surface area contributed by atoms with Gasteiger partial charge in [-0.2, -0.15) is 0 Å². The Hall–Kier alpha value is -4.28. The third-order valence-corrected chi connectivity index (χ3v) is 6.08. The molecule has 0 bridgehead atoms. The molecule has 1 aliphatic heterocycles. The summed E-state index contributed by atoms with van der Waals surface area (Å²) < 4.78 is 40.9. The highest BCUT2D eigenvalue weighted by molar-refractivity contribution is 6.07. The van der Waals surface area contributed by atoms with Crippen molar-refractivity contribution in [3.8, 4) is 28.7 Å². The fourth-order valence-electron chi connectivity index (χ4n) is 4.16. The molecule has 1 N–H and O–H groups in total. The van der Waals surface area contributed by atoms with Gasteiger partial charge in [-0.05, 0) is 44.9 Å². The number of pyridine rings is 1. The lowest BCUT2D eigenvalue weighted by molar-refractivity contribution is -0.286. The van der Waals surface area contributed by atoms with E-state index in [1.54, 1.807) is 35.3 Å². The number of rotatable bonds is 6. The molecule has 0 spiro atoms. The summed E-state index contributed by atoms with van der Waals surface area (Å²) in [6, 6.07) is 8.15. The average molecular weight is 492 g/mol. The van der Waals surface area contributed by atoms with Gasteiger partial charge in [-0.1, -0.05) is 6.07 Å². The van der Waals surface area contributed by atoms with Crippen molar-refractivity contribution in [2.75, 3.05) is 5.32 Å². The molecule has 36 heavy (non-hydrogen) atoms. The minimum atomic E-state index is -3.88. The van der Waals surface area contributed by atoms with Gasteiger partial charge in [0, 0.05) is 36.6 Å². The lowest BCUT2D eigenvalue weighted by Gasteiger charge is -2.13. The summed E-state index contributed by atoms with van der Waals surface area (Å²) in [5.74, 6) is 0.0530. The molecular weight excluding hydrogens is 470 g/mol. The Labute approximate surface area is 204 Å². The van der Waals surface area contributed by atoms with Crippen molar-refractivity contribution in [2.45, 2.75) is 44.9 Å². The van der Waals surface area contributed by atoms with Crippen molar-refractivity contribution in [1.29, 1.82) is 0 Å². The third kappa shape index (κ3) is 4.06. The second-order valence-electron chi connectivity index (χ2n) is 9.08. The topological polar surface area (TPSA) is 96.1 Å². The summed E-state index contributed by atoms with van der Waals surface area (Å²) >= 11 is 0. The van der Waals surface area contributed by atoms with Gasteiger partial charge in [0.05, 0.1) is 23.3 Å². The van der Waals surface area contributed by atoms with Crippen molar-refractivity contribution in [2.24, 2.45) is 0 Å². The largest absolute Gasteiger partial charge is 0.586 e. The lowest BCUT2D eigenvalue weighted by atomic mass is 10.1. The summed E-state index contributed by atoms with van der Waals surface area (Å²) in [4.78, 5) is 26.6. The van der Waals surface area contributed by atoms with Gasteiger partial charge in [0.1, 0.15) is 11.5 Å². The molecular formula is C25H22F2N6O3. The van der Waals surface area contributed by atoms with E-state index in [1.165, 1.54) is 12.1 Å². The van der Waals surface area contributed by atoms with Gasteiger partial charge in [-0.25, -0.2) is 15.0 Å². The van der Waals surface area contributed by atoms with Crippen LogP contribution < -0.4 is 14.8 Å². The van der Waals surface area contributed by atoms with E-state index in [0.29, 0.717) is 23.1 Å². The van der Waals surface area contributed by atoms with E-state index in [9.17, 15) is 13.6 Å². The van der Waals surface area contributed by atoms with Crippen LogP contribution in [0.3, 0.4) is 0 Å². The van der Waals surface area contributed by atoms with Crippen LogP contribution in [-0.2, 0) is 0 Å². The zero-order valence-electron chi connectivity index (χ0n) is 19.5. The highest BCUT2D eigenvalue weighted by Gasteiger charge is 2.46. The number of fused-ring (bicyclic) bond motifs is 1. The first kappa shape index (κ1) is 22.2. The van der Waals surface area contributed by atoms with Crippen LogP contribution in [0.25, 0.3) is 17.2 Å². The second kappa shape index (κ2) is 8.14. The number of nitrogens with zero attached hydrogens (tertiary/aromatic N) is 5. The molecule has 1 fully saturated rings. The summed E-state index contributed by atoms with van der Waals surface area (Å²) in [7, 11) is 0. The van der Waals surface area contributed by atoms with Crippen LogP contribution in [0.4, 0.5) is 14.6 Å². The summed E-state index contributed by atoms with van der Waals surface area (Å²) in [6.45, 7) is 4.05. The first-order valence-electron chi connectivity index (χ1n) is 11.6. The number of imidazole rings is 2. The van der Waals surface area contributed by atoms with Gasteiger partial charge in [0.2, 0.25) is 0 Å². The number of amides is 1. The van der Waals surface area contributed by atoms with E-state index >= 15 is 0 Å². The van der Waals surface area contributed by atoms with Gasteiger partial charge in [0.15, 0.2) is 17.3 Å². The summed E-state index contributed by atoms with van der Waals surface area (Å²) in [6.07, 6.45) is 5.21. The molecule has 0 saturated heterocycles. The number of nitrogens with one attached hydrogen (secondary N) is 1. The number of halogens is 2. The minimum Gasteiger partial charge on any atom is -0.395 e. The maximum atomic E-state index is 14.0. The number of ether oxygens (including phenoxy) is 2. The van der Waals surface area contributed by atoms with Gasteiger partial charge >= 0.3 is 6.29 Å². The lowest BCUT2D eigenvalue weighted by Crippen LogP contribution is -2.26. The van der Waals surface area contributed by atoms with Crippen molar-refractivity contribution < 1.29 is 23.0 Å². The van der Waals surface area contributed by atoms with Crippen LogP contribution in [-0.4, -0.2) is 36.3 Å². The van der Waals surface area contributed by atoms with E-state index in [2.05, 4.69) is 29.7 Å². The Bertz CT molecular complexity index is 1470. The SMILES string of the molecule is CC(C)n1ccnc1-c1cccc(NC(=O)c2cc(-n3cnc(C4CC4)c3)cc3c2OC(F)(F)O3)n1. The van der Waals surface area contributed by atoms with Gasteiger partial charge in [-0.3, -0.25) is 4.79 Å². The van der Waals surface area contributed by atoms with Crippen LogP contribution in [0.5, 0.6) is 11.5 Å². The van der Waals surface area contributed by atoms with Crippen LogP contribution >= 0.6 is 0 Å². The number of hydrogen-bond donors (Lipinski definition) is 1. The van der Waals surface area contributed by atoms with Crippen molar-refractivity contribution >= 4 is 11.7 Å². The van der Waals surface area contributed by atoms with Crippen LogP contribution in [0, 0.1) is 0 Å². The van der Waals surface area contributed by atoms with E-state index in [1.807, 2.05) is 30.8 Å². The Morgan fingerprint density at radius 3 is 2.81 bits per heavy atom. The first-order valence-corrected chi connectivity index (χ1v) is 11.6. The van der Waals surface area contributed by atoms with Crippen LogP contribution in [0.1, 0.15) is 54.7 Å². The molecule has 0 radical (unpaired) electrons. The zero-order chi connectivity index (χ0) is 25.0. The highest BCUT2D eigenvalue weighted by atomic mass is 19.3. The zero-order valence-corrected chi connectivity index (χ0v) is 19.5. The van der Waals surface area contributed by atoms with Crippen molar-refractivity contribution in [3.05, 3.63) is 66.5 Å². The molecule has 1 aromatic carbocycles. The van der Waals surface area contributed by atoms with E-state index in [0.717, 1.165) is 18.5 Å². The molecule has 1 amide bonds. The van der Waals surface area contributed by atoms with Gasteiger partial charge < -0.3 is 23.9 Å². The van der Waals surface area contributed by atoms with Gasteiger partial charge in [0.25, 0.3) is 5.91 Å². The molecule has 184 valence electrons. The Morgan fingerprint density at radius 2 is 2.03 bits per heavy atom. The fourth-order valence-corrected chi connectivity index (χ4v) is 4.16. The Balaban J connectivity index is 1.34. The minimum absolute atomic E-state index is 0.114. The second-order valence-corrected chi connectivity index (χ2v) is 9.08. The van der Waals surface area contributed by atoms with E-state index in [-0.39, 0.29) is 28.9 Å². The molecule has 1 saturated carbocycles. The van der Waals surface area contributed by atoms with Gasteiger partial charge in [-0.15, -0.1) is 8.78 Å². The number of aromatic nitrogens is 5. The van der Waals surface area contributed by atoms with Crippen molar-refractivity contribution in [1.82, 2.24) is 24.1 Å². The Morgan fingerprint density at radius 1 is 1.19 bits per heavy atom. The van der Waals surface area contributed by atoms with Crippen LogP contribution in [0.2, 0.25) is 0 Å². The maximum Gasteiger partial charge on any atom is 0.586 e. The molecule has 4 aromatic rings. The van der Waals surface area contributed by atoms with Crippen molar-refractivity contribution in [3.63, 3.8) is 0 Å². The molecule has 0 unspecified atom stereocenters. The maximum absolute atomic E-state index is 14.0. The number of anilines is 1. The summed E-state index contributed by atoms with van der Waals surface area (Å²) in [5.41, 5.74) is 1.81. The molecule has 9 nitrogen and oxygen atoms in total. The molecule has 6 rings (SSSR count). The molecule has 11 heteroatoms. The fraction of sp³-hybridized carbons (Fsp3) is 0.280. The average Bonchev–Trinajstić information content (AvgIpc) is 3.24. The number of hydrogen-bond acceptors (Lipinski definition) is 6. The molecule has 0 atom stereocenters. The summed E-state index contributed by atoms with van der Waals surface area (Å²) in [5, 5.41) is 2.69. The monoisotopic (exact) mass is 492 g/mol. The number of carbonyl (C=O) groups excluding carboxylic acids is 1. The standard InChI is InChI=1S/C25H22F2N6O3/c1-14(2)33-9-8-28-23(33)18-4-3-5-21(30-18)31-24(34)17-10-16(11-20-22(17)36-25(26,27)35-20)32-12-19(29-13-32)15-6-7-15/h3-5,8-15H,6-7H2,1-2H3,(H,30,31,34). The molecule has 1 aliphatic carbocycles. The highest BCUT2D eigenvalue weighted by Crippen LogP contribution is 2.45. The molecule has 4 heterocycles. The third-order valence-electron chi connectivity index (χ3n) is 6.08. The molecule has 3 aromatic heterocycles. The smallest absolute Gasteiger partial charge is 0.395 e. The van der Waals surface area contributed by atoms with Crippen LogP contribution in [0.15, 0.2) is 55.2 Å². The predicted molar refractivity (Wildman–Crippen MR) is 126 cm³/mol. The molecule has 2 aliphatic rings. The quantitative estimate of drug-likeness (QED) is 0.399. The van der Waals surface area contributed by atoms with E-state index < -0.39 is 12.2 Å². The normalized spacial score (nSPS) is 15.9.